The molecule has 0 bridgehead atoms. The normalized spacial score (nSPS) is 11.1. The molecule has 2 nitrogen and oxygen atoms in total. The molecule has 0 spiro atoms. The molecule has 0 unspecified atom stereocenters. The zero-order chi connectivity index (χ0) is 9.94. The summed E-state index contributed by atoms with van der Waals surface area (Å²) in [7, 11) is 0. The van der Waals surface area contributed by atoms with Gasteiger partial charge in [0, 0.05) is 19.1 Å². The van der Waals surface area contributed by atoms with E-state index in [1.165, 1.54) is 32.2 Å². The first-order valence-electron chi connectivity index (χ1n) is 5.71. The second-order valence-electron chi connectivity index (χ2n) is 3.92. The highest BCUT2D eigenvalue weighted by molar-refractivity contribution is 4.55. The van der Waals surface area contributed by atoms with Crippen LogP contribution in [0.3, 0.4) is 0 Å². The number of hydrogen-bond acceptors (Lipinski definition) is 2. The van der Waals surface area contributed by atoms with Gasteiger partial charge in [0.25, 0.3) is 0 Å². The van der Waals surface area contributed by atoms with Crippen LogP contribution in [0, 0.1) is 0 Å². The zero-order valence-corrected chi connectivity index (χ0v) is 9.53. The molecular weight excluding hydrogens is 160 g/mol. The van der Waals surface area contributed by atoms with E-state index < -0.39 is 0 Å². The fraction of sp³-hybridized carbons (Fsp3) is 1.00. The van der Waals surface area contributed by atoms with Crippen molar-refractivity contribution in [3.63, 3.8) is 0 Å². The molecule has 0 aromatic carbocycles. The molecule has 0 atom stereocenters. The van der Waals surface area contributed by atoms with Crippen molar-refractivity contribution < 1.29 is 0 Å². The van der Waals surface area contributed by atoms with Gasteiger partial charge in [-0.2, -0.15) is 0 Å². The van der Waals surface area contributed by atoms with Gasteiger partial charge < -0.3 is 10.6 Å². The molecule has 2 heteroatoms. The molecule has 80 valence electrons. The molecule has 0 saturated heterocycles. The highest BCUT2D eigenvalue weighted by Crippen LogP contribution is 1.96. The largest absolute Gasteiger partial charge is 0.315 e. The van der Waals surface area contributed by atoms with Crippen molar-refractivity contribution in [2.75, 3.05) is 19.6 Å². The van der Waals surface area contributed by atoms with Crippen molar-refractivity contribution in [3.05, 3.63) is 0 Å². The van der Waals surface area contributed by atoms with Gasteiger partial charge in [-0.1, -0.05) is 40.0 Å². The van der Waals surface area contributed by atoms with Crippen LogP contribution in [0.15, 0.2) is 0 Å². The Balaban J connectivity index is 2.84. The van der Waals surface area contributed by atoms with Gasteiger partial charge in [0.05, 0.1) is 0 Å². The van der Waals surface area contributed by atoms with Crippen molar-refractivity contribution in [1.82, 2.24) is 10.6 Å². The highest BCUT2D eigenvalue weighted by atomic mass is 14.9. The summed E-state index contributed by atoms with van der Waals surface area (Å²) in [5, 5.41) is 6.82. The van der Waals surface area contributed by atoms with E-state index in [1.807, 2.05) is 0 Å². The van der Waals surface area contributed by atoms with Crippen molar-refractivity contribution in [2.24, 2.45) is 0 Å². The van der Waals surface area contributed by atoms with Crippen LogP contribution in [0.5, 0.6) is 0 Å². The van der Waals surface area contributed by atoms with Gasteiger partial charge in [-0.25, -0.2) is 0 Å². The Hall–Kier alpha value is -0.0800. The van der Waals surface area contributed by atoms with Gasteiger partial charge in [0.15, 0.2) is 0 Å². The molecule has 2 N–H and O–H groups in total. The summed E-state index contributed by atoms with van der Waals surface area (Å²) in [6, 6.07) is 0.613. The fourth-order valence-electron chi connectivity index (χ4n) is 1.25. The minimum absolute atomic E-state index is 0.613. The van der Waals surface area contributed by atoms with Crippen LogP contribution in [-0.4, -0.2) is 25.7 Å². The fourth-order valence-corrected chi connectivity index (χ4v) is 1.25. The second-order valence-corrected chi connectivity index (χ2v) is 3.92. The van der Waals surface area contributed by atoms with Gasteiger partial charge in [0.1, 0.15) is 0 Å². The third-order valence-electron chi connectivity index (χ3n) is 2.06. The van der Waals surface area contributed by atoms with Crippen molar-refractivity contribution in [1.29, 1.82) is 0 Å². The maximum atomic E-state index is 3.44. The third-order valence-corrected chi connectivity index (χ3v) is 2.06. The standard InChI is InChI=1S/C11H26N2/c1-4-5-6-7-8-12-9-10-13-11(2)3/h11-13H,4-10H2,1-3H3. The lowest BCUT2D eigenvalue weighted by Gasteiger charge is -2.08. The molecule has 0 radical (unpaired) electrons. The summed E-state index contributed by atoms with van der Waals surface area (Å²) in [6.07, 6.45) is 5.41. The summed E-state index contributed by atoms with van der Waals surface area (Å²) >= 11 is 0. The van der Waals surface area contributed by atoms with E-state index in [0.29, 0.717) is 6.04 Å². The third kappa shape index (κ3) is 11.9. The quantitative estimate of drug-likeness (QED) is 0.539. The van der Waals surface area contributed by atoms with E-state index in [-0.39, 0.29) is 0 Å². The molecular formula is C11H26N2. The summed E-state index contributed by atoms with van der Waals surface area (Å²) in [4.78, 5) is 0. The van der Waals surface area contributed by atoms with E-state index in [4.69, 9.17) is 0 Å². The zero-order valence-electron chi connectivity index (χ0n) is 9.53. The predicted octanol–water partition coefficient (Wildman–Crippen LogP) is 2.15. The minimum Gasteiger partial charge on any atom is -0.315 e. The summed E-state index contributed by atoms with van der Waals surface area (Å²) in [5.41, 5.74) is 0. The van der Waals surface area contributed by atoms with E-state index in [1.54, 1.807) is 0 Å². The Bertz CT molecular complexity index is 92.1. The van der Waals surface area contributed by atoms with Crippen LogP contribution in [0.4, 0.5) is 0 Å². The van der Waals surface area contributed by atoms with Crippen LogP contribution >= 0.6 is 0 Å². The average molecular weight is 186 g/mol. The lowest BCUT2D eigenvalue weighted by Crippen LogP contribution is -2.31. The lowest BCUT2D eigenvalue weighted by atomic mass is 10.2. The predicted molar refractivity (Wildman–Crippen MR) is 60.2 cm³/mol. The van der Waals surface area contributed by atoms with E-state index in [9.17, 15) is 0 Å². The molecule has 0 heterocycles. The first kappa shape index (κ1) is 12.9. The molecule has 0 rings (SSSR count). The number of unbranched alkanes of at least 4 members (excludes halogenated alkanes) is 3. The van der Waals surface area contributed by atoms with Gasteiger partial charge in [-0.05, 0) is 13.0 Å². The Morgan fingerprint density at radius 2 is 1.69 bits per heavy atom. The molecule has 13 heavy (non-hydrogen) atoms. The SMILES string of the molecule is CCCCCCNCCNC(C)C. The molecule has 0 saturated carbocycles. The minimum atomic E-state index is 0.613. The monoisotopic (exact) mass is 186 g/mol. The molecule has 0 aromatic rings. The van der Waals surface area contributed by atoms with Crippen molar-refractivity contribution in [3.8, 4) is 0 Å². The smallest absolute Gasteiger partial charge is 0.00790 e. The van der Waals surface area contributed by atoms with E-state index in [0.717, 1.165) is 13.1 Å². The Morgan fingerprint density at radius 1 is 0.923 bits per heavy atom. The maximum Gasteiger partial charge on any atom is 0.00790 e. The van der Waals surface area contributed by atoms with Crippen LogP contribution in [0.25, 0.3) is 0 Å². The van der Waals surface area contributed by atoms with E-state index >= 15 is 0 Å². The van der Waals surface area contributed by atoms with Crippen LogP contribution in [0.1, 0.15) is 46.5 Å². The molecule has 0 fully saturated rings. The van der Waals surface area contributed by atoms with Crippen molar-refractivity contribution >= 4 is 0 Å². The summed E-state index contributed by atoms with van der Waals surface area (Å²) in [5.74, 6) is 0. The molecule has 0 aliphatic carbocycles. The Labute approximate surface area is 83.5 Å². The van der Waals surface area contributed by atoms with Crippen LogP contribution in [0.2, 0.25) is 0 Å². The lowest BCUT2D eigenvalue weighted by molar-refractivity contribution is 0.540. The van der Waals surface area contributed by atoms with Crippen molar-refractivity contribution in [2.45, 2.75) is 52.5 Å². The molecule has 0 aromatic heterocycles. The molecule has 0 aliphatic rings. The Morgan fingerprint density at radius 3 is 2.31 bits per heavy atom. The Kier molecular flexibility index (Phi) is 9.94. The average Bonchev–Trinajstić information content (AvgIpc) is 2.09. The first-order valence-corrected chi connectivity index (χ1v) is 5.71. The molecule has 0 aliphatic heterocycles. The number of nitrogens with one attached hydrogen (secondary N) is 2. The second kappa shape index (κ2) is 10.0. The van der Waals surface area contributed by atoms with Gasteiger partial charge >= 0.3 is 0 Å². The number of rotatable bonds is 9. The highest BCUT2D eigenvalue weighted by Gasteiger charge is 1.91. The first-order chi connectivity index (χ1) is 6.27. The van der Waals surface area contributed by atoms with Gasteiger partial charge in [0.2, 0.25) is 0 Å². The number of hydrogen-bond donors (Lipinski definition) is 2. The van der Waals surface area contributed by atoms with Gasteiger partial charge in [-0.3, -0.25) is 0 Å². The van der Waals surface area contributed by atoms with E-state index in [2.05, 4.69) is 31.4 Å². The molecule has 0 amide bonds. The van der Waals surface area contributed by atoms with Gasteiger partial charge in [-0.15, -0.1) is 0 Å². The topological polar surface area (TPSA) is 24.1 Å². The maximum absolute atomic E-state index is 3.44. The van der Waals surface area contributed by atoms with Crippen LogP contribution < -0.4 is 10.6 Å². The summed E-state index contributed by atoms with van der Waals surface area (Å²) in [6.45, 7) is 9.98. The van der Waals surface area contributed by atoms with Crippen LogP contribution in [-0.2, 0) is 0 Å². The summed E-state index contributed by atoms with van der Waals surface area (Å²) < 4.78 is 0.